The van der Waals surface area contributed by atoms with Crippen LogP contribution < -0.4 is 0 Å². The molecule has 2 heteroatoms. The Hall–Kier alpha value is -1.41. The number of rotatable bonds is 3. The topological polar surface area (TPSA) is 17.1 Å². The van der Waals surface area contributed by atoms with Gasteiger partial charge in [0.25, 0.3) is 0 Å². The molecule has 86 valence electrons. The molecule has 0 bridgehead atoms. The summed E-state index contributed by atoms with van der Waals surface area (Å²) in [6.07, 6.45) is 0.946. The average molecular weight is 289 g/mol. The highest BCUT2D eigenvalue weighted by Gasteiger charge is 2.08. The van der Waals surface area contributed by atoms with E-state index in [-0.39, 0.29) is 5.78 Å². The second kappa shape index (κ2) is 5.28. The summed E-state index contributed by atoms with van der Waals surface area (Å²) >= 11 is 3.36. The van der Waals surface area contributed by atoms with E-state index in [0.717, 1.165) is 22.0 Å². The highest BCUT2D eigenvalue weighted by atomic mass is 79.9. The van der Waals surface area contributed by atoms with E-state index in [2.05, 4.69) is 22.9 Å². The molecule has 0 amide bonds. The molecule has 0 radical (unpaired) electrons. The van der Waals surface area contributed by atoms with Crippen LogP contribution in [0.4, 0.5) is 0 Å². The van der Waals surface area contributed by atoms with Crippen molar-refractivity contribution in [2.75, 3.05) is 0 Å². The molecule has 0 aliphatic heterocycles. The summed E-state index contributed by atoms with van der Waals surface area (Å²) in [5.41, 5.74) is 2.67. The minimum absolute atomic E-state index is 0.0767. The van der Waals surface area contributed by atoms with Crippen molar-refractivity contribution in [3.63, 3.8) is 0 Å². The van der Waals surface area contributed by atoms with E-state index in [0.29, 0.717) is 0 Å². The van der Waals surface area contributed by atoms with Gasteiger partial charge in [-0.25, -0.2) is 0 Å². The van der Waals surface area contributed by atoms with Gasteiger partial charge in [-0.2, -0.15) is 0 Å². The Labute approximate surface area is 110 Å². The molecular formula is C15H13BrO. The molecule has 2 aromatic carbocycles. The first-order valence-corrected chi connectivity index (χ1v) is 6.39. The maximum Gasteiger partial charge on any atom is 0.193 e. The number of hydrogen-bond donors (Lipinski definition) is 0. The van der Waals surface area contributed by atoms with E-state index in [4.69, 9.17) is 0 Å². The standard InChI is InChI=1S/C15H13BrO/c1-2-11-4-3-5-13(10-11)15(17)12-6-8-14(16)9-7-12/h3-10H,2H2,1H3. The number of benzene rings is 2. The average Bonchev–Trinajstić information content (AvgIpc) is 2.39. The van der Waals surface area contributed by atoms with E-state index >= 15 is 0 Å². The van der Waals surface area contributed by atoms with Crippen molar-refractivity contribution in [3.8, 4) is 0 Å². The highest BCUT2D eigenvalue weighted by Crippen LogP contribution is 2.15. The van der Waals surface area contributed by atoms with Crippen LogP contribution in [0.15, 0.2) is 53.0 Å². The number of halogens is 1. The Bertz CT molecular complexity index is 529. The van der Waals surface area contributed by atoms with Crippen molar-refractivity contribution in [3.05, 3.63) is 69.7 Å². The molecule has 17 heavy (non-hydrogen) atoms. The Morgan fingerprint density at radius 3 is 2.41 bits per heavy atom. The monoisotopic (exact) mass is 288 g/mol. The Balaban J connectivity index is 2.33. The number of hydrogen-bond acceptors (Lipinski definition) is 1. The fourth-order valence-electron chi connectivity index (χ4n) is 1.70. The lowest BCUT2D eigenvalue weighted by Crippen LogP contribution is -2.01. The summed E-state index contributed by atoms with van der Waals surface area (Å²) in [5.74, 6) is 0.0767. The summed E-state index contributed by atoms with van der Waals surface area (Å²) in [6, 6.07) is 15.3. The molecule has 0 aromatic heterocycles. The third-order valence-corrected chi connectivity index (χ3v) is 3.23. The van der Waals surface area contributed by atoms with Crippen LogP contribution in [0.3, 0.4) is 0 Å². The van der Waals surface area contributed by atoms with E-state index < -0.39 is 0 Å². The molecule has 0 N–H and O–H groups in total. The van der Waals surface area contributed by atoms with E-state index in [1.807, 2.05) is 48.5 Å². The Kier molecular flexibility index (Phi) is 3.75. The molecular weight excluding hydrogens is 276 g/mol. The largest absolute Gasteiger partial charge is 0.289 e. The number of aryl methyl sites for hydroxylation is 1. The molecule has 0 heterocycles. The zero-order chi connectivity index (χ0) is 12.3. The third-order valence-electron chi connectivity index (χ3n) is 2.70. The minimum atomic E-state index is 0.0767. The normalized spacial score (nSPS) is 10.2. The summed E-state index contributed by atoms with van der Waals surface area (Å²) in [5, 5.41) is 0. The van der Waals surface area contributed by atoms with Gasteiger partial charge in [0.1, 0.15) is 0 Å². The van der Waals surface area contributed by atoms with Gasteiger partial charge < -0.3 is 0 Å². The van der Waals surface area contributed by atoms with Crippen LogP contribution in [0.5, 0.6) is 0 Å². The first-order chi connectivity index (χ1) is 8.20. The molecule has 0 saturated heterocycles. The van der Waals surface area contributed by atoms with Crippen LogP contribution in [0.25, 0.3) is 0 Å². The van der Waals surface area contributed by atoms with Crippen molar-refractivity contribution in [2.24, 2.45) is 0 Å². The quantitative estimate of drug-likeness (QED) is 0.772. The molecule has 0 spiro atoms. The molecule has 0 unspecified atom stereocenters. The first-order valence-electron chi connectivity index (χ1n) is 5.60. The number of carbonyl (C=O) groups is 1. The van der Waals surface area contributed by atoms with Crippen molar-refractivity contribution >= 4 is 21.7 Å². The molecule has 2 rings (SSSR count). The lowest BCUT2D eigenvalue weighted by atomic mass is 10.0. The first kappa shape index (κ1) is 12.1. The minimum Gasteiger partial charge on any atom is -0.289 e. The molecule has 0 atom stereocenters. The second-order valence-electron chi connectivity index (χ2n) is 3.89. The van der Waals surface area contributed by atoms with Gasteiger partial charge in [0.2, 0.25) is 0 Å². The number of ketones is 1. The van der Waals surface area contributed by atoms with Crippen molar-refractivity contribution in [1.82, 2.24) is 0 Å². The van der Waals surface area contributed by atoms with Gasteiger partial charge >= 0.3 is 0 Å². The van der Waals surface area contributed by atoms with Crippen LogP contribution in [0.1, 0.15) is 28.4 Å². The number of carbonyl (C=O) groups excluding carboxylic acids is 1. The Morgan fingerprint density at radius 2 is 1.76 bits per heavy atom. The lowest BCUT2D eigenvalue weighted by molar-refractivity contribution is 0.103. The van der Waals surface area contributed by atoms with Gasteiger partial charge in [-0.3, -0.25) is 4.79 Å². The van der Waals surface area contributed by atoms with Crippen molar-refractivity contribution in [2.45, 2.75) is 13.3 Å². The van der Waals surface area contributed by atoms with Gasteiger partial charge in [0, 0.05) is 15.6 Å². The van der Waals surface area contributed by atoms with E-state index in [9.17, 15) is 4.79 Å². The second-order valence-corrected chi connectivity index (χ2v) is 4.81. The molecule has 0 aliphatic rings. The summed E-state index contributed by atoms with van der Waals surface area (Å²) in [6.45, 7) is 2.09. The lowest BCUT2D eigenvalue weighted by Gasteiger charge is -2.03. The van der Waals surface area contributed by atoms with Crippen LogP contribution in [-0.4, -0.2) is 5.78 Å². The molecule has 1 nitrogen and oxygen atoms in total. The smallest absolute Gasteiger partial charge is 0.193 e. The molecule has 0 fully saturated rings. The van der Waals surface area contributed by atoms with E-state index in [1.165, 1.54) is 5.56 Å². The predicted octanol–water partition coefficient (Wildman–Crippen LogP) is 4.24. The molecule has 0 aliphatic carbocycles. The summed E-state index contributed by atoms with van der Waals surface area (Å²) in [4.78, 5) is 12.2. The van der Waals surface area contributed by atoms with Gasteiger partial charge in [-0.15, -0.1) is 0 Å². The van der Waals surface area contributed by atoms with Crippen LogP contribution >= 0.6 is 15.9 Å². The van der Waals surface area contributed by atoms with Gasteiger partial charge in [0.05, 0.1) is 0 Å². The summed E-state index contributed by atoms with van der Waals surface area (Å²) < 4.78 is 0.983. The summed E-state index contributed by atoms with van der Waals surface area (Å²) in [7, 11) is 0. The van der Waals surface area contributed by atoms with E-state index in [1.54, 1.807) is 0 Å². The van der Waals surface area contributed by atoms with Crippen LogP contribution in [0, 0.1) is 0 Å². The maximum atomic E-state index is 12.2. The molecule has 2 aromatic rings. The van der Waals surface area contributed by atoms with Gasteiger partial charge in [-0.1, -0.05) is 41.1 Å². The van der Waals surface area contributed by atoms with Crippen LogP contribution in [-0.2, 0) is 6.42 Å². The highest BCUT2D eigenvalue weighted by molar-refractivity contribution is 9.10. The SMILES string of the molecule is CCc1cccc(C(=O)c2ccc(Br)cc2)c1. The zero-order valence-corrected chi connectivity index (χ0v) is 11.2. The maximum absolute atomic E-state index is 12.2. The van der Waals surface area contributed by atoms with Gasteiger partial charge in [-0.05, 0) is 42.3 Å². The fraction of sp³-hybridized carbons (Fsp3) is 0.133. The van der Waals surface area contributed by atoms with Crippen molar-refractivity contribution < 1.29 is 4.79 Å². The van der Waals surface area contributed by atoms with Crippen molar-refractivity contribution in [1.29, 1.82) is 0 Å². The molecule has 0 saturated carbocycles. The van der Waals surface area contributed by atoms with Gasteiger partial charge in [0.15, 0.2) is 5.78 Å². The zero-order valence-electron chi connectivity index (χ0n) is 9.61. The third kappa shape index (κ3) is 2.83. The predicted molar refractivity (Wildman–Crippen MR) is 73.4 cm³/mol. The Morgan fingerprint density at radius 1 is 1.06 bits per heavy atom. The van der Waals surface area contributed by atoms with Crippen LogP contribution in [0.2, 0.25) is 0 Å². The fourth-order valence-corrected chi connectivity index (χ4v) is 1.96.